The molecule has 1 aliphatic heterocycles. The van der Waals surface area contributed by atoms with E-state index in [1.165, 1.54) is 11.8 Å². The van der Waals surface area contributed by atoms with Crippen molar-refractivity contribution in [2.45, 2.75) is 25.4 Å². The van der Waals surface area contributed by atoms with Crippen LogP contribution in [0.25, 0.3) is 0 Å². The molecule has 0 aromatic heterocycles. The van der Waals surface area contributed by atoms with Crippen molar-refractivity contribution >= 4 is 34.3 Å². The maximum Gasteiger partial charge on any atom is 0.336 e. The van der Waals surface area contributed by atoms with Crippen molar-refractivity contribution in [1.29, 1.82) is 0 Å². The van der Waals surface area contributed by atoms with Crippen LogP contribution in [0.1, 0.15) is 13.8 Å². The average Bonchev–Trinajstić information content (AvgIpc) is 2.30. The maximum absolute atomic E-state index is 11.1. The van der Waals surface area contributed by atoms with E-state index in [-0.39, 0.29) is 5.25 Å². The molecule has 0 spiro atoms. The molecule has 0 amide bonds. The molecule has 3 nitrogen and oxygen atoms in total. The third kappa shape index (κ3) is 2.70. The second-order valence-electron chi connectivity index (χ2n) is 2.74. The zero-order valence-corrected chi connectivity index (χ0v) is 9.04. The molecule has 0 saturated carbocycles. The number of carbonyl (C=O) groups excluding carboxylic acids is 1. The van der Waals surface area contributed by atoms with Crippen molar-refractivity contribution in [2.24, 2.45) is 0 Å². The average molecular weight is 218 g/mol. The Morgan fingerprint density at radius 2 is 2.38 bits per heavy atom. The molecular formula is C8H10O3S2. The standard InChI is InChI=1S/C8H10O3S2/c1-4(2)6(9)10-7-5(3)13-8(12)11-7/h5,7H,1H2,2-3H3. The second-order valence-corrected chi connectivity index (χ2v) is 4.72. The number of thioether (sulfide) groups is 1. The zero-order chi connectivity index (χ0) is 10.0. The fourth-order valence-electron chi connectivity index (χ4n) is 0.752. The predicted octanol–water partition coefficient (Wildman–Crippen LogP) is 1.87. The van der Waals surface area contributed by atoms with E-state index in [9.17, 15) is 4.79 Å². The molecule has 0 aliphatic carbocycles. The van der Waals surface area contributed by atoms with Gasteiger partial charge in [0.25, 0.3) is 6.29 Å². The fraction of sp³-hybridized carbons (Fsp3) is 0.500. The van der Waals surface area contributed by atoms with Gasteiger partial charge in [0.05, 0.1) is 5.25 Å². The summed E-state index contributed by atoms with van der Waals surface area (Å²) in [4.78, 5) is 11.1. The van der Waals surface area contributed by atoms with E-state index in [0.29, 0.717) is 9.96 Å². The highest BCUT2D eigenvalue weighted by atomic mass is 32.2. The number of thiocarbonyl (C=S) groups is 1. The summed E-state index contributed by atoms with van der Waals surface area (Å²) in [7, 11) is 0. The number of rotatable bonds is 2. The highest BCUT2D eigenvalue weighted by Crippen LogP contribution is 2.29. The van der Waals surface area contributed by atoms with Crippen molar-refractivity contribution < 1.29 is 14.3 Å². The van der Waals surface area contributed by atoms with E-state index in [0.717, 1.165) is 0 Å². The number of hydrogen-bond donors (Lipinski definition) is 0. The molecule has 5 heteroatoms. The van der Waals surface area contributed by atoms with E-state index in [1.807, 2.05) is 6.92 Å². The van der Waals surface area contributed by atoms with Crippen molar-refractivity contribution in [1.82, 2.24) is 0 Å². The van der Waals surface area contributed by atoms with Gasteiger partial charge in [0.15, 0.2) is 0 Å². The Morgan fingerprint density at radius 3 is 2.77 bits per heavy atom. The van der Waals surface area contributed by atoms with Crippen LogP contribution in [-0.4, -0.2) is 21.9 Å². The summed E-state index contributed by atoms with van der Waals surface area (Å²) in [6.45, 7) is 6.95. The Kier molecular flexibility index (Phi) is 3.33. The van der Waals surface area contributed by atoms with Crippen molar-refractivity contribution in [3.63, 3.8) is 0 Å². The molecule has 1 aliphatic rings. The van der Waals surface area contributed by atoms with Crippen LogP contribution < -0.4 is 0 Å². The lowest BCUT2D eigenvalue weighted by Crippen LogP contribution is -2.24. The van der Waals surface area contributed by atoms with Gasteiger partial charge in [-0.1, -0.05) is 18.3 Å². The Labute approximate surface area is 86.5 Å². The lowest BCUT2D eigenvalue weighted by atomic mass is 10.3. The van der Waals surface area contributed by atoms with Crippen LogP contribution in [0.2, 0.25) is 0 Å². The van der Waals surface area contributed by atoms with Gasteiger partial charge in [-0.2, -0.15) is 0 Å². The van der Waals surface area contributed by atoms with Crippen LogP contribution in [-0.2, 0) is 14.3 Å². The largest absolute Gasteiger partial charge is 0.437 e. The molecule has 0 aromatic rings. The number of esters is 1. The van der Waals surface area contributed by atoms with Crippen LogP contribution in [0.3, 0.4) is 0 Å². The normalized spacial score (nSPS) is 26.8. The molecule has 1 rings (SSSR count). The molecule has 2 atom stereocenters. The number of carbonyl (C=O) groups is 1. The Morgan fingerprint density at radius 1 is 1.77 bits per heavy atom. The molecule has 0 aromatic carbocycles. The van der Waals surface area contributed by atoms with Gasteiger partial charge < -0.3 is 9.47 Å². The minimum atomic E-state index is -0.568. The summed E-state index contributed by atoms with van der Waals surface area (Å²) in [5, 5.41) is 0.0517. The minimum Gasteiger partial charge on any atom is -0.437 e. The molecule has 13 heavy (non-hydrogen) atoms. The Balaban J connectivity index is 2.50. The first kappa shape index (κ1) is 10.5. The molecule has 1 fully saturated rings. The highest BCUT2D eigenvalue weighted by Gasteiger charge is 2.33. The molecular weight excluding hydrogens is 208 g/mol. The monoisotopic (exact) mass is 218 g/mol. The smallest absolute Gasteiger partial charge is 0.336 e. The van der Waals surface area contributed by atoms with Gasteiger partial charge in [0.1, 0.15) is 0 Å². The van der Waals surface area contributed by atoms with Gasteiger partial charge in [-0.05, 0) is 26.1 Å². The van der Waals surface area contributed by atoms with Crippen LogP contribution in [0.15, 0.2) is 12.2 Å². The van der Waals surface area contributed by atoms with Gasteiger partial charge in [-0.3, -0.25) is 0 Å². The summed E-state index contributed by atoms with van der Waals surface area (Å²) < 4.78 is 10.5. The second kappa shape index (κ2) is 4.11. The van der Waals surface area contributed by atoms with Crippen molar-refractivity contribution in [3.05, 3.63) is 12.2 Å². The van der Waals surface area contributed by atoms with Gasteiger partial charge in [-0.25, -0.2) is 4.79 Å². The first-order chi connectivity index (χ1) is 6.00. The van der Waals surface area contributed by atoms with Crippen LogP contribution in [0.4, 0.5) is 0 Å². The first-order valence-electron chi connectivity index (χ1n) is 3.74. The van der Waals surface area contributed by atoms with Gasteiger partial charge in [0.2, 0.25) is 4.38 Å². The Hall–Kier alpha value is -0.550. The first-order valence-corrected chi connectivity index (χ1v) is 5.03. The minimum absolute atomic E-state index is 0.0517. The fourth-order valence-corrected chi connectivity index (χ4v) is 1.98. The molecule has 0 radical (unpaired) electrons. The number of hydrogen-bond acceptors (Lipinski definition) is 5. The molecule has 2 unspecified atom stereocenters. The lowest BCUT2D eigenvalue weighted by molar-refractivity contribution is -0.158. The summed E-state index contributed by atoms with van der Waals surface area (Å²) in [5.74, 6) is -0.442. The maximum atomic E-state index is 11.1. The summed E-state index contributed by atoms with van der Waals surface area (Å²) in [6, 6.07) is 0. The van der Waals surface area contributed by atoms with E-state index in [1.54, 1.807) is 6.92 Å². The van der Waals surface area contributed by atoms with E-state index < -0.39 is 12.3 Å². The van der Waals surface area contributed by atoms with Gasteiger partial charge in [0, 0.05) is 5.57 Å². The topological polar surface area (TPSA) is 35.5 Å². The summed E-state index contributed by atoms with van der Waals surface area (Å²) in [6.07, 6.45) is -0.568. The molecule has 72 valence electrons. The quantitative estimate of drug-likeness (QED) is 0.401. The zero-order valence-electron chi connectivity index (χ0n) is 7.40. The molecule has 0 N–H and O–H groups in total. The third-order valence-corrected chi connectivity index (χ3v) is 2.72. The van der Waals surface area contributed by atoms with Crippen LogP contribution in [0.5, 0.6) is 0 Å². The SMILES string of the molecule is C=C(C)C(=O)OC1OC(=S)SC1C. The summed E-state index contributed by atoms with van der Waals surface area (Å²) in [5.41, 5.74) is 0.360. The number of ether oxygens (including phenoxy) is 2. The lowest BCUT2D eigenvalue weighted by Gasteiger charge is -2.13. The van der Waals surface area contributed by atoms with E-state index in [2.05, 4.69) is 6.58 Å². The molecule has 1 heterocycles. The molecule has 0 bridgehead atoms. The predicted molar refractivity (Wildman–Crippen MR) is 55.4 cm³/mol. The van der Waals surface area contributed by atoms with Crippen LogP contribution >= 0.6 is 24.0 Å². The van der Waals surface area contributed by atoms with Crippen LogP contribution in [0, 0.1) is 0 Å². The summed E-state index contributed by atoms with van der Waals surface area (Å²) >= 11 is 6.20. The van der Waals surface area contributed by atoms with Crippen molar-refractivity contribution in [2.75, 3.05) is 0 Å². The third-order valence-electron chi connectivity index (χ3n) is 1.45. The Bertz CT molecular complexity index is 262. The van der Waals surface area contributed by atoms with E-state index >= 15 is 0 Å². The highest BCUT2D eigenvalue weighted by molar-refractivity contribution is 8.23. The molecule has 1 saturated heterocycles. The van der Waals surface area contributed by atoms with Gasteiger partial charge in [-0.15, -0.1) is 0 Å². The van der Waals surface area contributed by atoms with Crippen molar-refractivity contribution in [3.8, 4) is 0 Å². The van der Waals surface area contributed by atoms with Gasteiger partial charge >= 0.3 is 5.97 Å². The van der Waals surface area contributed by atoms with E-state index in [4.69, 9.17) is 21.7 Å².